The van der Waals surface area contributed by atoms with Gasteiger partial charge in [-0.3, -0.25) is 4.79 Å². The number of alkyl halides is 3. The molecule has 1 aromatic carbocycles. The fraction of sp³-hybridized carbons (Fsp3) is 0.562. The third kappa shape index (κ3) is 3.54. The molecule has 1 fully saturated rings. The van der Waals surface area contributed by atoms with Crippen molar-refractivity contribution in [2.75, 3.05) is 19.7 Å². The van der Waals surface area contributed by atoms with Crippen molar-refractivity contribution in [3.8, 4) is 5.75 Å². The van der Waals surface area contributed by atoms with E-state index in [1.807, 2.05) is 18.2 Å². The predicted octanol–water partition coefficient (Wildman–Crippen LogP) is 3.35. The van der Waals surface area contributed by atoms with Crippen molar-refractivity contribution in [1.82, 2.24) is 4.90 Å². The molecule has 1 aliphatic carbocycles. The highest BCUT2D eigenvalue weighted by molar-refractivity contribution is 5.85. The molecule has 22 heavy (non-hydrogen) atoms. The van der Waals surface area contributed by atoms with Crippen molar-refractivity contribution in [3.63, 3.8) is 0 Å². The van der Waals surface area contributed by atoms with Gasteiger partial charge in [0.15, 0.2) is 0 Å². The van der Waals surface area contributed by atoms with E-state index in [-0.39, 0.29) is 19.1 Å². The van der Waals surface area contributed by atoms with Gasteiger partial charge < -0.3 is 9.64 Å². The molecule has 0 radical (unpaired) electrons. The van der Waals surface area contributed by atoms with Gasteiger partial charge in [0, 0.05) is 18.7 Å². The number of rotatable bonds is 5. The monoisotopic (exact) mass is 313 g/mol. The van der Waals surface area contributed by atoms with E-state index < -0.39 is 18.5 Å². The van der Waals surface area contributed by atoms with E-state index >= 15 is 0 Å². The maximum absolute atomic E-state index is 12.7. The van der Waals surface area contributed by atoms with Crippen LogP contribution in [0.25, 0.3) is 0 Å². The normalized spacial score (nSPS) is 20.4. The molecule has 0 unspecified atom stereocenters. The van der Waals surface area contributed by atoms with Gasteiger partial charge in [0.2, 0.25) is 5.91 Å². The average molecular weight is 313 g/mol. The molecule has 0 N–H and O–H groups in total. The van der Waals surface area contributed by atoms with Crippen LogP contribution in [0.5, 0.6) is 5.75 Å². The molecule has 0 spiro atoms. The molecule has 0 bridgehead atoms. The molecule has 1 aromatic rings. The van der Waals surface area contributed by atoms with E-state index in [0.717, 1.165) is 18.4 Å². The summed E-state index contributed by atoms with van der Waals surface area (Å²) in [4.78, 5) is 14.0. The molecule has 1 heterocycles. The molecule has 1 amide bonds. The summed E-state index contributed by atoms with van der Waals surface area (Å²) in [5.74, 6) is 0.280. The van der Waals surface area contributed by atoms with Crippen molar-refractivity contribution in [3.05, 3.63) is 29.8 Å². The molecule has 2 aliphatic rings. The summed E-state index contributed by atoms with van der Waals surface area (Å²) in [6.45, 7) is 0.371. The molecule has 1 atom stereocenters. The number of ether oxygens (including phenoxy) is 1. The summed E-state index contributed by atoms with van der Waals surface area (Å²) in [5.41, 5.74) is 0.778. The zero-order valence-electron chi connectivity index (χ0n) is 12.1. The molecule has 3 rings (SSSR count). The first-order chi connectivity index (χ1) is 10.4. The second kappa shape index (κ2) is 5.82. The lowest BCUT2D eigenvalue weighted by atomic mass is 9.99. The van der Waals surface area contributed by atoms with Crippen molar-refractivity contribution in [2.45, 2.75) is 31.4 Å². The first-order valence-corrected chi connectivity index (χ1v) is 7.51. The number of fused-ring (bicyclic) bond motifs is 1. The zero-order valence-corrected chi connectivity index (χ0v) is 12.1. The van der Waals surface area contributed by atoms with Crippen LogP contribution in [0, 0.1) is 5.92 Å². The van der Waals surface area contributed by atoms with Gasteiger partial charge in [0.1, 0.15) is 18.3 Å². The molecule has 120 valence electrons. The summed E-state index contributed by atoms with van der Waals surface area (Å²) in [6, 6.07) is 7.22. The lowest BCUT2D eigenvalue weighted by Crippen LogP contribution is -2.39. The highest BCUT2D eigenvalue weighted by Gasteiger charge is 2.37. The SMILES string of the molecule is O=C([C@H]1COc2ccccc21)N(CCC(F)(F)F)CC1CC1. The van der Waals surface area contributed by atoms with Crippen LogP contribution in [0.4, 0.5) is 13.2 Å². The van der Waals surface area contributed by atoms with E-state index in [9.17, 15) is 18.0 Å². The van der Waals surface area contributed by atoms with Crippen LogP contribution in [0.2, 0.25) is 0 Å². The van der Waals surface area contributed by atoms with Gasteiger partial charge in [-0.15, -0.1) is 0 Å². The molecular formula is C16H18F3NO2. The number of carbonyl (C=O) groups is 1. The predicted molar refractivity (Wildman–Crippen MR) is 74.7 cm³/mol. The Bertz CT molecular complexity index is 555. The fourth-order valence-electron chi connectivity index (χ4n) is 2.75. The molecule has 1 aliphatic heterocycles. The minimum atomic E-state index is -4.24. The Morgan fingerprint density at radius 2 is 2.00 bits per heavy atom. The number of nitrogens with zero attached hydrogens (tertiary/aromatic N) is 1. The first-order valence-electron chi connectivity index (χ1n) is 7.51. The lowest BCUT2D eigenvalue weighted by Gasteiger charge is -2.26. The highest BCUT2D eigenvalue weighted by atomic mass is 19.4. The smallest absolute Gasteiger partial charge is 0.390 e. The van der Waals surface area contributed by atoms with Crippen LogP contribution in [0.3, 0.4) is 0 Å². The van der Waals surface area contributed by atoms with Crippen molar-refractivity contribution < 1.29 is 22.7 Å². The first kappa shape index (κ1) is 15.2. The Labute approximate surface area is 127 Å². The Hall–Kier alpha value is -1.72. The van der Waals surface area contributed by atoms with Crippen LogP contribution >= 0.6 is 0 Å². The largest absolute Gasteiger partial charge is 0.492 e. The van der Waals surface area contributed by atoms with Crippen LogP contribution in [-0.2, 0) is 4.79 Å². The summed E-state index contributed by atoms with van der Waals surface area (Å²) in [5, 5.41) is 0. The average Bonchev–Trinajstić information content (AvgIpc) is 3.18. The van der Waals surface area contributed by atoms with Crippen molar-refractivity contribution in [1.29, 1.82) is 0 Å². The van der Waals surface area contributed by atoms with Gasteiger partial charge in [-0.25, -0.2) is 0 Å². The van der Waals surface area contributed by atoms with Crippen molar-refractivity contribution >= 4 is 5.91 Å². The number of carbonyl (C=O) groups excluding carboxylic acids is 1. The standard InChI is InChI=1S/C16H18F3NO2/c17-16(18,19)7-8-20(9-11-5-6-11)15(21)13-10-22-14-4-2-1-3-12(13)14/h1-4,11,13H,5-10H2/t13-/m0/s1. The Morgan fingerprint density at radius 1 is 1.27 bits per heavy atom. The van der Waals surface area contributed by atoms with Crippen LogP contribution in [-0.4, -0.2) is 36.7 Å². The van der Waals surface area contributed by atoms with Crippen LogP contribution in [0.15, 0.2) is 24.3 Å². The third-order valence-corrected chi connectivity index (χ3v) is 4.15. The zero-order chi connectivity index (χ0) is 15.7. The highest BCUT2D eigenvalue weighted by Crippen LogP contribution is 2.36. The van der Waals surface area contributed by atoms with E-state index in [1.165, 1.54) is 4.90 Å². The van der Waals surface area contributed by atoms with Crippen LogP contribution < -0.4 is 4.74 Å². The number of amides is 1. The summed E-state index contributed by atoms with van der Waals surface area (Å²) < 4.78 is 42.9. The van der Waals surface area contributed by atoms with Gasteiger partial charge in [-0.1, -0.05) is 18.2 Å². The maximum Gasteiger partial charge on any atom is 0.390 e. The van der Waals surface area contributed by atoms with E-state index in [2.05, 4.69) is 0 Å². The molecular weight excluding hydrogens is 295 g/mol. The van der Waals surface area contributed by atoms with E-state index in [0.29, 0.717) is 18.2 Å². The van der Waals surface area contributed by atoms with Gasteiger partial charge in [-0.2, -0.15) is 13.2 Å². The van der Waals surface area contributed by atoms with Gasteiger partial charge in [-0.05, 0) is 24.8 Å². The second-order valence-electron chi connectivity index (χ2n) is 5.99. The number of halogens is 3. The quantitative estimate of drug-likeness (QED) is 0.834. The Balaban J connectivity index is 1.71. The third-order valence-electron chi connectivity index (χ3n) is 4.15. The maximum atomic E-state index is 12.7. The number of hydrogen-bond donors (Lipinski definition) is 0. The van der Waals surface area contributed by atoms with Gasteiger partial charge in [0.25, 0.3) is 0 Å². The van der Waals surface area contributed by atoms with Crippen LogP contribution in [0.1, 0.15) is 30.7 Å². The topological polar surface area (TPSA) is 29.5 Å². The summed E-state index contributed by atoms with van der Waals surface area (Å²) in [7, 11) is 0. The van der Waals surface area contributed by atoms with Gasteiger partial charge in [0.05, 0.1) is 6.42 Å². The number of benzene rings is 1. The number of hydrogen-bond acceptors (Lipinski definition) is 2. The second-order valence-corrected chi connectivity index (χ2v) is 5.99. The molecule has 3 nitrogen and oxygen atoms in total. The molecule has 6 heteroatoms. The Morgan fingerprint density at radius 3 is 2.68 bits per heavy atom. The van der Waals surface area contributed by atoms with Gasteiger partial charge >= 0.3 is 6.18 Å². The fourth-order valence-corrected chi connectivity index (χ4v) is 2.75. The lowest BCUT2D eigenvalue weighted by molar-refractivity contribution is -0.146. The summed E-state index contributed by atoms with van der Waals surface area (Å²) >= 11 is 0. The Kier molecular flexibility index (Phi) is 4.02. The van der Waals surface area contributed by atoms with E-state index in [1.54, 1.807) is 6.07 Å². The minimum absolute atomic E-state index is 0.214. The molecule has 0 aromatic heterocycles. The molecule has 0 saturated heterocycles. The molecule has 1 saturated carbocycles. The van der Waals surface area contributed by atoms with E-state index in [4.69, 9.17) is 4.74 Å². The summed E-state index contributed by atoms with van der Waals surface area (Å²) in [6.07, 6.45) is -3.21. The van der Waals surface area contributed by atoms with Crippen molar-refractivity contribution in [2.24, 2.45) is 5.92 Å². The number of para-hydroxylation sites is 1. The minimum Gasteiger partial charge on any atom is -0.492 e.